The zero-order valence-corrected chi connectivity index (χ0v) is 8.22. The first-order valence-corrected chi connectivity index (χ1v) is 4.66. The molecule has 1 heterocycles. The first-order chi connectivity index (χ1) is 7.11. The molecule has 2 N–H and O–H groups in total. The Labute approximate surface area is 85.7 Å². The van der Waals surface area contributed by atoms with Crippen LogP contribution in [-0.2, 0) is 6.42 Å². The van der Waals surface area contributed by atoms with E-state index in [-0.39, 0.29) is 0 Å². The van der Waals surface area contributed by atoms with Crippen LogP contribution in [0.2, 0.25) is 0 Å². The summed E-state index contributed by atoms with van der Waals surface area (Å²) in [6.45, 7) is 1.92. The molecule has 78 valence electrons. The molecule has 0 atom stereocenters. The first-order valence-electron chi connectivity index (χ1n) is 4.66. The second kappa shape index (κ2) is 3.46. The first kappa shape index (κ1) is 9.83. The minimum Gasteiger partial charge on any atom is -0.398 e. The van der Waals surface area contributed by atoms with E-state index in [9.17, 15) is 8.78 Å². The second-order valence-corrected chi connectivity index (χ2v) is 3.34. The van der Waals surface area contributed by atoms with Gasteiger partial charge in [0.1, 0.15) is 0 Å². The molecule has 0 bridgehead atoms. The Morgan fingerprint density at radius 3 is 2.53 bits per heavy atom. The van der Waals surface area contributed by atoms with Gasteiger partial charge in [-0.15, -0.1) is 0 Å². The normalized spacial score (nSPS) is 10.9. The van der Waals surface area contributed by atoms with Crippen LogP contribution in [0.3, 0.4) is 0 Å². The van der Waals surface area contributed by atoms with Crippen molar-refractivity contribution in [2.45, 2.75) is 13.3 Å². The number of fused-ring (bicyclic) bond motifs is 1. The molecule has 2 rings (SSSR count). The highest BCUT2D eigenvalue weighted by atomic mass is 19.2. The van der Waals surface area contributed by atoms with Crippen LogP contribution < -0.4 is 5.73 Å². The molecule has 0 radical (unpaired) electrons. The highest BCUT2D eigenvalue weighted by molar-refractivity contribution is 5.90. The number of aromatic nitrogens is 1. The van der Waals surface area contributed by atoms with E-state index in [0.717, 1.165) is 17.8 Å². The summed E-state index contributed by atoms with van der Waals surface area (Å²) in [5.74, 6) is -1.80. The maximum Gasteiger partial charge on any atom is 0.161 e. The monoisotopic (exact) mass is 208 g/mol. The lowest BCUT2D eigenvalue weighted by Crippen LogP contribution is -1.96. The van der Waals surface area contributed by atoms with E-state index in [2.05, 4.69) is 4.98 Å². The fourth-order valence-corrected chi connectivity index (χ4v) is 1.49. The van der Waals surface area contributed by atoms with Gasteiger partial charge in [-0.2, -0.15) is 0 Å². The number of nitrogens with zero attached hydrogens (tertiary/aromatic N) is 1. The smallest absolute Gasteiger partial charge is 0.161 e. The molecular formula is C11H10F2N2. The van der Waals surface area contributed by atoms with Gasteiger partial charge in [0.05, 0.1) is 5.52 Å². The minimum absolute atomic E-state index is 0.394. The topological polar surface area (TPSA) is 38.9 Å². The molecule has 0 saturated heterocycles. The fourth-order valence-electron chi connectivity index (χ4n) is 1.49. The van der Waals surface area contributed by atoms with Gasteiger partial charge in [-0.3, -0.25) is 4.98 Å². The van der Waals surface area contributed by atoms with Gasteiger partial charge in [0.15, 0.2) is 11.6 Å². The zero-order chi connectivity index (χ0) is 11.0. The predicted molar refractivity (Wildman–Crippen MR) is 55.4 cm³/mol. The van der Waals surface area contributed by atoms with Crippen molar-refractivity contribution >= 4 is 16.6 Å². The molecule has 0 saturated carbocycles. The van der Waals surface area contributed by atoms with Gasteiger partial charge in [0.2, 0.25) is 0 Å². The van der Waals surface area contributed by atoms with Crippen molar-refractivity contribution in [3.05, 3.63) is 35.5 Å². The van der Waals surface area contributed by atoms with E-state index >= 15 is 0 Å². The van der Waals surface area contributed by atoms with Crippen molar-refractivity contribution in [1.82, 2.24) is 4.98 Å². The molecular weight excluding hydrogens is 198 g/mol. The van der Waals surface area contributed by atoms with E-state index in [1.165, 1.54) is 0 Å². The summed E-state index contributed by atoms with van der Waals surface area (Å²) in [5, 5.41) is 0.450. The number of rotatable bonds is 1. The molecule has 2 aromatic rings. The molecule has 15 heavy (non-hydrogen) atoms. The minimum atomic E-state index is -0.903. The lowest BCUT2D eigenvalue weighted by Gasteiger charge is -2.05. The zero-order valence-electron chi connectivity index (χ0n) is 8.22. The highest BCUT2D eigenvalue weighted by Crippen LogP contribution is 2.23. The standard InChI is InChI=1S/C11H10F2N2/c1-2-6-3-10(14)7-4-8(12)9(13)5-11(7)15-6/h3-5H,2H2,1H3,(H2,14,15). The number of halogens is 2. The number of anilines is 1. The molecule has 4 heteroatoms. The van der Waals surface area contributed by atoms with Crippen molar-refractivity contribution in [3.8, 4) is 0 Å². The average Bonchev–Trinajstić information content (AvgIpc) is 2.21. The van der Waals surface area contributed by atoms with Crippen molar-refractivity contribution in [2.24, 2.45) is 0 Å². The van der Waals surface area contributed by atoms with Crippen molar-refractivity contribution in [2.75, 3.05) is 5.73 Å². The summed E-state index contributed by atoms with van der Waals surface area (Å²) >= 11 is 0. The van der Waals surface area contributed by atoms with Crippen molar-refractivity contribution in [1.29, 1.82) is 0 Å². The Morgan fingerprint density at radius 1 is 1.20 bits per heavy atom. The van der Waals surface area contributed by atoms with Crippen LogP contribution in [0, 0.1) is 11.6 Å². The van der Waals surface area contributed by atoms with Crippen LogP contribution in [0.15, 0.2) is 18.2 Å². The number of hydrogen-bond acceptors (Lipinski definition) is 2. The number of nitrogen functional groups attached to an aromatic ring is 1. The fraction of sp³-hybridized carbons (Fsp3) is 0.182. The molecule has 0 fully saturated rings. The van der Waals surface area contributed by atoms with Gasteiger partial charge >= 0.3 is 0 Å². The highest BCUT2D eigenvalue weighted by Gasteiger charge is 2.08. The molecule has 2 nitrogen and oxygen atoms in total. The summed E-state index contributed by atoms with van der Waals surface area (Å²) in [6, 6.07) is 3.83. The maximum atomic E-state index is 13.0. The Balaban J connectivity index is 2.80. The molecule has 0 aliphatic carbocycles. The number of hydrogen-bond donors (Lipinski definition) is 1. The molecule has 1 aromatic heterocycles. The Bertz CT molecular complexity index is 523. The van der Waals surface area contributed by atoms with Gasteiger partial charge in [0.25, 0.3) is 0 Å². The molecule has 0 aliphatic heterocycles. The van der Waals surface area contributed by atoms with Crippen LogP contribution in [0.25, 0.3) is 10.9 Å². The van der Waals surface area contributed by atoms with E-state index in [1.807, 2.05) is 6.92 Å². The lowest BCUT2D eigenvalue weighted by molar-refractivity contribution is 0.510. The van der Waals surface area contributed by atoms with Crippen molar-refractivity contribution in [3.63, 3.8) is 0 Å². The van der Waals surface area contributed by atoms with Gasteiger partial charge in [-0.05, 0) is 18.6 Å². The van der Waals surface area contributed by atoms with Crippen LogP contribution >= 0.6 is 0 Å². The van der Waals surface area contributed by atoms with Crippen LogP contribution in [0.4, 0.5) is 14.5 Å². The van der Waals surface area contributed by atoms with Gasteiger partial charge < -0.3 is 5.73 Å². The van der Waals surface area contributed by atoms with E-state index in [1.54, 1.807) is 6.07 Å². The molecule has 0 spiro atoms. The summed E-state index contributed by atoms with van der Waals surface area (Å²) in [6.07, 6.45) is 0.707. The van der Waals surface area contributed by atoms with Gasteiger partial charge in [-0.1, -0.05) is 6.92 Å². The van der Waals surface area contributed by atoms with E-state index < -0.39 is 11.6 Å². The number of pyridine rings is 1. The van der Waals surface area contributed by atoms with Crippen LogP contribution in [-0.4, -0.2) is 4.98 Å². The maximum absolute atomic E-state index is 13.0. The van der Waals surface area contributed by atoms with E-state index in [0.29, 0.717) is 23.0 Å². The Kier molecular flexibility index (Phi) is 2.26. The third-order valence-electron chi connectivity index (χ3n) is 2.30. The summed E-state index contributed by atoms with van der Waals surface area (Å²) in [4.78, 5) is 4.17. The lowest BCUT2D eigenvalue weighted by atomic mass is 10.1. The Morgan fingerprint density at radius 2 is 1.87 bits per heavy atom. The SMILES string of the molecule is CCc1cc(N)c2cc(F)c(F)cc2n1. The summed E-state index contributed by atoms with van der Waals surface area (Å²) in [5.41, 5.74) is 7.31. The molecule has 1 aromatic carbocycles. The molecule has 0 amide bonds. The van der Waals surface area contributed by atoms with Gasteiger partial charge in [0, 0.05) is 22.8 Å². The second-order valence-electron chi connectivity index (χ2n) is 3.34. The van der Waals surface area contributed by atoms with Gasteiger partial charge in [-0.25, -0.2) is 8.78 Å². The largest absolute Gasteiger partial charge is 0.398 e. The van der Waals surface area contributed by atoms with Crippen LogP contribution in [0.1, 0.15) is 12.6 Å². The summed E-state index contributed by atoms with van der Waals surface area (Å²) < 4.78 is 25.9. The number of nitrogens with two attached hydrogens (primary N) is 1. The van der Waals surface area contributed by atoms with E-state index in [4.69, 9.17) is 5.73 Å². The quantitative estimate of drug-likeness (QED) is 0.782. The number of benzene rings is 1. The number of aryl methyl sites for hydroxylation is 1. The molecule has 0 unspecified atom stereocenters. The third-order valence-corrected chi connectivity index (χ3v) is 2.30. The Hall–Kier alpha value is -1.71. The predicted octanol–water partition coefficient (Wildman–Crippen LogP) is 2.66. The summed E-state index contributed by atoms with van der Waals surface area (Å²) in [7, 11) is 0. The average molecular weight is 208 g/mol. The molecule has 0 aliphatic rings. The van der Waals surface area contributed by atoms with Crippen LogP contribution in [0.5, 0.6) is 0 Å². The van der Waals surface area contributed by atoms with Crippen molar-refractivity contribution < 1.29 is 8.78 Å². The third kappa shape index (κ3) is 1.63.